The van der Waals surface area contributed by atoms with Crippen molar-refractivity contribution in [2.75, 3.05) is 7.11 Å². The molecule has 0 saturated carbocycles. The molecule has 126 valence electrons. The molecule has 0 spiro atoms. The fraction of sp³-hybridized carbons (Fsp3) is 0.211. The number of fused-ring (bicyclic) bond motifs is 3. The lowest BCUT2D eigenvalue weighted by Gasteiger charge is -2.10. The van der Waals surface area contributed by atoms with Crippen LogP contribution in [-0.4, -0.2) is 32.2 Å². The average molecular weight is 334 g/mol. The van der Waals surface area contributed by atoms with Crippen molar-refractivity contribution in [1.29, 1.82) is 0 Å². The van der Waals surface area contributed by atoms with Gasteiger partial charge in [-0.1, -0.05) is 12.1 Å². The van der Waals surface area contributed by atoms with Crippen molar-refractivity contribution < 1.29 is 9.53 Å². The van der Waals surface area contributed by atoms with E-state index in [1.165, 1.54) is 7.11 Å². The van der Waals surface area contributed by atoms with Gasteiger partial charge in [0, 0.05) is 12.2 Å². The molecule has 0 N–H and O–H groups in total. The van der Waals surface area contributed by atoms with Crippen LogP contribution in [0.5, 0.6) is 0 Å². The van der Waals surface area contributed by atoms with E-state index in [0.29, 0.717) is 12.1 Å². The number of pyridine rings is 1. The van der Waals surface area contributed by atoms with Crippen LogP contribution in [0.4, 0.5) is 0 Å². The smallest absolute Gasteiger partial charge is 0.337 e. The molecule has 0 unspecified atom stereocenters. The zero-order valence-corrected chi connectivity index (χ0v) is 14.4. The van der Waals surface area contributed by atoms with Crippen LogP contribution in [0.15, 0.2) is 42.5 Å². The lowest BCUT2D eigenvalue weighted by Crippen LogP contribution is -2.05. The summed E-state index contributed by atoms with van der Waals surface area (Å²) in [6.45, 7) is 4.70. The number of hydrogen-bond donors (Lipinski definition) is 0. The zero-order valence-electron chi connectivity index (χ0n) is 14.4. The number of benzene rings is 1. The minimum atomic E-state index is -0.322. The number of hydrogen-bond acceptors (Lipinski definition) is 4. The van der Waals surface area contributed by atoms with Crippen LogP contribution in [0.2, 0.25) is 0 Å². The molecule has 0 saturated heterocycles. The molecule has 4 aromatic rings. The molecule has 6 nitrogen and oxygen atoms in total. The Labute approximate surface area is 144 Å². The highest BCUT2D eigenvalue weighted by molar-refractivity contribution is 5.89. The molecule has 3 aromatic heterocycles. The lowest BCUT2D eigenvalue weighted by molar-refractivity contribution is 0.0600. The third-order valence-corrected chi connectivity index (χ3v) is 4.49. The highest BCUT2D eigenvalue weighted by Crippen LogP contribution is 2.23. The van der Waals surface area contributed by atoms with E-state index in [2.05, 4.69) is 38.2 Å². The molecule has 0 bridgehead atoms. The summed E-state index contributed by atoms with van der Waals surface area (Å²) in [5, 5.41) is 8.35. The van der Waals surface area contributed by atoms with E-state index in [-0.39, 0.29) is 5.97 Å². The van der Waals surface area contributed by atoms with Crippen molar-refractivity contribution in [3.63, 3.8) is 0 Å². The van der Waals surface area contributed by atoms with Gasteiger partial charge in [0.2, 0.25) is 0 Å². The molecule has 0 amide bonds. The van der Waals surface area contributed by atoms with Crippen LogP contribution in [0.3, 0.4) is 0 Å². The maximum atomic E-state index is 11.8. The SMILES string of the molecule is COC(=O)c1cccc(Cn2c(C)cc3c2ccc2nnc(C)n23)c1. The summed E-state index contributed by atoms with van der Waals surface area (Å²) in [7, 11) is 1.39. The second kappa shape index (κ2) is 5.73. The van der Waals surface area contributed by atoms with Crippen molar-refractivity contribution in [2.45, 2.75) is 20.4 Å². The number of aryl methyl sites for hydroxylation is 2. The van der Waals surface area contributed by atoms with Crippen LogP contribution in [0, 0.1) is 13.8 Å². The molecule has 0 aliphatic rings. The van der Waals surface area contributed by atoms with Gasteiger partial charge in [-0.3, -0.25) is 4.40 Å². The van der Waals surface area contributed by atoms with Gasteiger partial charge >= 0.3 is 5.97 Å². The van der Waals surface area contributed by atoms with E-state index in [9.17, 15) is 4.79 Å². The first-order chi connectivity index (χ1) is 12.1. The summed E-state index contributed by atoms with van der Waals surface area (Å²) in [5.74, 6) is 0.545. The molecule has 0 aliphatic carbocycles. The van der Waals surface area contributed by atoms with E-state index in [0.717, 1.165) is 33.8 Å². The number of methoxy groups -OCH3 is 1. The Bertz CT molecular complexity index is 1110. The first-order valence-corrected chi connectivity index (χ1v) is 8.06. The number of esters is 1. The largest absolute Gasteiger partial charge is 0.465 e. The molecular weight excluding hydrogens is 316 g/mol. The summed E-state index contributed by atoms with van der Waals surface area (Å²) >= 11 is 0. The molecule has 1 aromatic carbocycles. The monoisotopic (exact) mass is 334 g/mol. The predicted octanol–water partition coefficient (Wildman–Crippen LogP) is 3.14. The van der Waals surface area contributed by atoms with Crippen molar-refractivity contribution in [3.05, 3.63) is 65.1 Å². The second-order valence-electron chi connectivity index (χ2n) is 6.11. The predicted molar refractivity (Wildman–Crippen MR) is 94.8 cm³/mol. The average Bonchev–Trinajstić information content (AvgIpc) is 3.15. The molecule has 0 fully saturated rings. The van der Waals surface area contributed by atoms with Crippen LogP contribution in [-0.2, 0) is 11.3 Å². The Morgan fingerprint density at radius 1 is 1.08 bits per heavy atom. The molecule has 3 heterocycles. The molecule has 4 rings (SSSR count). The van der Waals surface area contributed by atoms with Gasteiger partial charge in [-0.2, -0.15) is 0 Å². The van der Waals surface area contributed by atoms with Crippen LogP contribution in [0.25, 0.3) is 16.7 Å². The molecule has 0 aliphatic heterocycles. The summed E-state index contributed by atoms with van der Waals surface area (Å²) < 4.78 is 9.10. The van der Waals surface area contributed by atoms with Gasteiger partial charge in [-0.15, -0.1) is 10.2 Å². The van der Waals surface area contributed by atoms with E-state index < -0.39 is 0 Å². The van der Waals surface area contributed by atoms with Gasteiger partial charge in [0.15, 0.2) is 5.65 Å². The zero-order chi connectivity index (χ0) is 17.6. The standard InChI is InChI=1S/C19H18N4O2/c1-12-9-17-16(7-8-18-21-20-13(2)23(17)18)22(12)11-14-5-4-6-15(10-14)19(24)25-3/h4-10H,11H2,1-3H3. The molecule has 0 atom stereocenters. The summed E-state index contributed by atoms with van der Waals surface area (Å²) in [6, 6.07) is 13.7. The molecule has 6 heteroatoms. The van der Waals surface area contributed by atoms with Crippen molar-refractivity contribution >= 4 is 22.6 Å². The first kappa shape index (κ1) is 15.4. The quantitative estimate of drug-likeness (QED) is 0.540. The Hall–Kier alpha value is -3.15. The number of carbonyl (C=O) groups is 1. The van der Waals surface area contributed by atoms with Crippen LogP contribution >= 0.6 is 0 Å². The normalized spacial score (nSPS) is 11.3. The van der Waals surface area contributed by atoms with E-state index in [1.54, 1.807) is 6.07 Å². The lowest BCUT2D eigenvalue weighted by atomic mass is 10.1. The number of rotatable bonds is 3. The Morgan fingerprint density at radius 3 is 2.72 bits per heavy atom. The van der Waals surface area contributed by atoms with Gasteiger partial charge in [-0.25, -0.2) is 4.79 Å². The topological polar surface area (TPSA) is 61.4 Å². The number of nitrogens with zero attached hydrogens (tertiary/aromatic N) is 4. The van der Waals surface area contributed by atoms with E-state index in [1.807, 2.05) is 31.2 Å². The minimum absolute atomic E-state index is 0.322. The van der Waals surface area contributed by atoms with Gasteiger partial charge in [-0.05, 0) is 49.7 Å². The number of aromatic nitrogens is 4. The third kappa shape index (κ3) is 2.46. The molecule has 25 heavy (non-hydrogen) atoms. The summed E-state index contributed by atoms with van der Waals surface area (Å²) in [6.07, 6.45) is 0. The Balaban J connectivity index is 1.82. The van der Waals surface area contributed by atoms with Gasteiger partial charge in [0.1, 0.15) is 5.82 Å². The summed E-state index contributed by atoms with van der Waals surface area (Å²) in [5.41, 5.74) is 5.78. The minimum Gasteiger partial charge on any atom is -0.465 e. The van der Waals surface area contributed by atoms with Crippen LogP contribution in [0.1, 0.15) is 27.4 Å². The highest BCUT2D eigenvalue weighted by atomic mass is 16.5. The fourth-order valence-corrected chi connectivity index (χ4v) is 3.28. The van der Waals surface area contributed by atoms with Crippen LogP contribution < -0.4 is 0 Å². The first-order valence-electron chi connectivity index (χ1n) is 8.06. The maximum Gasteiger partial charge on any atom is 0.337 e. The highest BCUT2D eigenvalue weighted by Gasteiger charge is 2.13. The number of ether oxygens (including phenoxy) is 1. The van der Waals surface area contributed by atoms with Crippen molar-refractivity contribution in [1.82, 2.24) is 19.2 Å². The third-order valence-electron chi connectivity index (χ3n) is 4.49. The van der Waals surface area contributed by atoms with E-state index in [4.69, 9.17) is 4.74 Å². The van der Waals surface area contributed by atoms with E-state index >= 15 is 0 Å². The van der Waals surface area contributed by atoms with Crippen molar-refractivity contribution in [3.8, 4) is 0 Å². The van der Waals surface area contributed by atoms with Gasteiger partial charge < -0.3 is 9.30 Å². The van der Waals surface area contributed by atoms with Crippen molar-refractivity contribution in [2.24, 2.45) is 0 Å². The fourth-order valence-electron chi connectivity index (χ4n) is 3.28. The number of carbonyl (C=O) groups excluding carboxylic acids is 1. The summed E-state index contributed by atoms with van der Waals surface area (Å²) in [4.78, 5) is 11.8. The molecule has 0 radical (unpaired) electrons. The Morgan fingerprint density at radius 2 is 1.92 bits per heavy atom. The second-order valence-corrected chi connectivity index (χ2v) is 6.11. The van der Waals surface area contributed by atoms with Gasteiger partial charge in [0.25, 0.3) is 0 Å². The Kier molecular flexibility index (Phi) is 3.53. The molecular formula is C19H18N4O2. The maximum absolute atomic E-state index is 11.8. The van der Waals surface area contributed by atoms with Gasteiger partial charge in [0.05, 0.1) is 23.7 Å².